The maximum atomic E-state index is 9.65. The van der Waals surface area contributed by atoms with Crippen LogP contribution in [0.15, 0.2) is 0 Å². The van der Waals surface area contributed by atoms with Crippen molar-refractivity contribution in [1.29, 1.82) is 0 Å². The SMILES string of the molecule is Cl.Cl.OC1([C@H]2CNCCN2)CC1. The standard InChI is InChI=1S/C7H14N2O.2ClH/c10-7(1-2-7)6-5-8-3-4-9-6;;/h6,8-10H,1-5H2;2*1H/t6-;;/m1../s1. The number of halogens is 2. The van der Waals surface area contributed by atoms with E-state index >= 15 is 0 Å². The number of rotatable bonds is 1. The number of hydrogen-bond acceptors (Lipinski definition) is 3. The molecule has 0 unspecified atom stereocenters. The minimum atomic E-state index is -0.354. The van der Waals surface area contributed by atoms with E-state index in [1.54, 1.807) is 0 Å². The van der Waals surface area contributed by atoms with E-state index in [0.717, 1.165) is 32.5 Å². The summed E-state index contributed by atoms with van der Waals surface area (Å²) in [5.74, 6) is 0. The summed E-state index contributed by atoms with van der Waals surface area (Å²) in [5, 5.41) is 16.2. The predicted octanol–water partition coefficient (Wildman–Crippen LogP) is -0.0837. The number of piperazine rings is 1. The number of nitrogens with one attached hydrogen (secondary N) is 2. The van der Waals surface area contributed by atoms with E-state index in [1.807, 2.05) is 0 Å². The Morgan fingerprint density at radius 3 is 2.25 bits per heavy atom. The highest BCUT2D eigenvalue weighted by Crippen LogP contribution is 2.38. The van der Waals surface area contributed by atoms with Gasteiger partial charge in [-0.05, 0) is 12.8 Å². The van der Waals surface area contributed by atoms with Gasteiger partial charge >= 0.3 is 0 Å². The first-order chi connectivity index (χ1) is 4.81. The van der Waals surface area contributed by atoms with Gasteiger partial charge in [-0.1, -0.05) is 0 Å². The first-order valence-electron chi connectivity index (χ1n) is 3.98. The van der Waals surface area contributed by atoms with E-state index in [0.29, 0.717) is 6.04 Å². The molecule has 1 aliphatic carbocycles. The van der Waals surface area contributed by atoms with Gasteiger partial charge in [-0.2, -0.15) is 0 Å². The lowest BCUT2D eigenvalue weighted by atomic mass is 10.1. The Morgan fingerprint density at radius 1 is 1.17 bits per heavy atom. The lowest BCUT2D eigenvalue weighted by Gasteiger charge is -2.28. The molecule has 1 saturated carbocycles. The van der Waals surface area contributed by atoms with Crippen LogP contribution >= 0.6 is 24.8 Å². The molecule has 0 aromatic rings. The van der Waals surface area contributed by atoms with Gasteiger partial charge in [0.2, 0.25) is 0 Å². The van der Waals surface area contributed by atoms with Crippen molar-refractivity contribution in [3.05, 3.63) is 0 Å². The van der Waals surface area contributed by atoms with E-state index in [-0.39, 0.29) is 30.4 Å². The molecule has 0 spiro atoms. The summed E-state index contributed by atoms with van der Waals surface area (Å²) in [4.78, 5) is 0. The third kappa shape index (κ3) is 2.47. The lowest BCUT2D eigenvalue weighted by Crippen LogP contribution is -2.55. The molecule has 1 saturated heterocycles. The van der Waals surface area contributed by atoms with Gasteiger partial charge in [0.15, 0.2) is 0 Å². The molecular formula is C7H16Cl2N2O. The average molecular weight is 215 g/mol. The maximum Gasteiger partial charge on any atom is 0.0814 e. The minimum absolute atomic E-state index is 0. The molecule has 0 amide bonds. The summed E-state index contributed by atoms with van der Waals surface area (Å²) in [5.41, 5.74) is -0.354. The largest absolute Gasteiger partial charge is 0.388 e. The second-order valence-electron chi connectivity index (χ2n) is 3.31. The molecular weight excluding hydrogens is 199 g/mol. The van der Waals surface area contributed by atoms with Gasteiger partial charge in [-0.25, -0.2) is 0 Å². The molecule has 12 heavy (non-hydrogen) atoms. The molecule has 2 rings (SSSR count). The van der Waals surface area contributed by atoms with Gasteiger partial charge in [0.25, 0.3) is 0 Å². The van der Waals surface area contributed by atoms with E-state index in [4.69, 9.17) is 0 Å². The Balaban J connectivity index is 0.000000605. The van der Waals surface area contributed by atoms with Gasteiger partial charge in [0.05, 0.1) is 5.60 Å². The maximum absolute atomic E-state index is 9.65. The summed E-state index contributed by atoms with van der Waals surface area (Å²) in [6.45, 7) is 2.95. The third-order valence-corrected chi connectivity index (χ3v) is 2.45. The van der Waals surface area contributed by atoms with Gasteiger partial charge in [0.1, 0.15) is 0 Å². The zero-order chi connectivity index (χ0) is 7.03. The van der Waals surface area contributed by atoms with E-state index in [2.05, 4.69) is 10.6 Å². The second-order valence-corrected chi connectivity index (χ2v) is 3.31. The molecule has 0 radical (unpaired) electrons. The average Bonchev–Trinajstić information content (AvgIpc) is 2.72. The van der Waals surface area contributed by atoms with Crippen molar-refractivity contribution < 1.29 is 5.11 Å². The van der Waals surface area contributed by atoms with Crippen LogP contribution in [0.4, 0.5) is 0 Å². The molecule has 74 valence electrons. The molecule has 1 atom stereocenters. The summed E-state index contributed by atoms with van der Waals surface area (Å²) in [6.07, 6.45) is 1.96. The quantitative estimate of drug-likeness (QED) is 0.573. The zero-order valence-corrected chi connectivity index (χ0v) is 8.51. The van der Waals surface area contributed by atoms with Crippen molar-refractivity contribution in [3.8, 4) is 0 Å². The highest BCUT2D eigenvalue weighted by molar-refractivity contribution is 5.85. The van der Waals surface area contributed by atoms with Crippen LogP contribution in [0.2, 0.25) is 0 Å². The van der Waals surface area contributed by atoms with Crippen LogP contribution < -0.4 is 10.6 Å². The molecule has 2 aliphatic rings. The second kappa shape index (κ2) is 4.63. The van der Waals surface area contributed by atoms with Crippen molar-refractivity contribution in [3.63, 3.8) is 0 Å². The van der Waals surface area contributed by atoms with Gasteiger partial charge in [-0.15, -0.1) is 24.8 Å². The predicted molar refractivity (Wildman–Crippen MR) is 53.3 cm³/mol. The zero-order valence-electron chi connectivity index (χ0n) is 6.88. The Labute approximate surface area is 85.1 Å². The Hall–Kier alpha value is 0.460. The Kier molecular flexibility index (Phi) is 4.81. The Bertz CT molecular complexity index is 135. The Morgan fingerprint density at radius 2 is 1.83 bits per heavy atom. The van der Waals surface area contributed by atoms with Crippen LogP contribution in [-0.4, -0.2) is 36.4 Å². The molecule has 1 aliphatic heterocycles. The molecule has 0 aromatic heterocycles. The molecule has 1 heterocycles. The van der Waals surface area contributed by atoms with Crippen LogP contribution in [-0.2, 0) is 0 Å². The summed E-state index contributed by atoms with van der Waals surface area (Å²) < 4.78 is 0. The van der Waals surface area contributed by atoms with Crippen molar-refractivity contribution in [2.24, 2.45) is 0 Å². The normalized spacial score (nSPS) is 31.2. The summed E-state index contributed by atoms with van der Waals surface area (Å²) >= 11 is 0. The van der Waals surface area contributed by atoms with Crippen molar-refractivity contribution in [2.45, 2.75) is 24.5 Å². The van der Waals surface area contributed by atoms with Gasteiger partial charge in [-0.3, -0.25) is 0 Å². The van der Waals surface area contributed by atoms with E-state index in [9.17, 15) is 5.11 Å². The smallest absolute Gasteiger partial charge is 0.0814 e. The molecule has 5 heteroatoms. The van der Waals surface area contributed by atoms with E-state index < -0.39 is 0 Å². The van der Waals surface area contributed by atoms with E-state index in [1.165, 1.54) is 0 Å². The fourth-order valence-corrected chi connectivity index (χ4v) is 1.51. The molecule has 0 aromatic carbocycles. The first-order valence-corrected chi connectivity index (χ1v) is 3.98. The highest BCUT2D eigenvalue weighted by Gasteiger charge is 2.47. The molecule has 3 N–H and O–H groups in total. The van der Waals surface area contributed by atoms with Crippen LogP contribution in [0.25, 0.3) is 0 Å². The summed E-state index contributed by atoms with van der Waals surface area (Å²) in [7, 11) is 0. The number of hydrogen-bond donors (Lipinski definition) is 3. The fraction of sp³-hybridized carbons (Fsp3) is 1.00. The lowest BCUT2D eigenvalue weighted by molar-refractivity contribution is 0.0949. The van der Waals surface area contributed by atoms with Crippen LogP contribution in [0.5, 0.6) is 0 Å². The van der Waals surface area contributed by atoms with Gasteiger partial charge < -0.3 is 15.7 Å². The third-order valence-electron chi connectivity index (χ3n) is 2.45. The number of aliphatic hydroxyl groups is 1. The minimum Gasteiger partial charge on any atom is -0.388 e. The first kappa shape index (κ1) is 12.5. The molecule has 3 nitrogen and oxygen atoms in total. The highest BCUT2D eigenvalue weighted by atomic mass is 35.5. The van der Waals surface area contributed by atoms with Crippen molar-refractivity contribution >= 4 is 24.8 Å². The molecule has 2 fully saturated rings. The van der Waals surface area contributed by atoms with Crippen molar-refractivity contribution in [2.75, 3.05) is 19.6 Å². The van der Waals surface area contributed by atoms with Crippen LogP contribution in [0, 0.1) is 0 Å². The fourth-order valence-electron chi connectivity index (χ4n) is 1.51. The topological polar surface area (TPSA) is 44.3 Å². The monoisotopic (exact) mass is 214 g/mol. The molecule has 0 bridgehead atoms. The summed E-state index contributed by atoms with van der Waals surface area (Å²) in [6, 6.07) is 0.307. The van der Waals surface area contributed by atoms with Gasteiger partial charge in [0, 0.05) is 25.7 Å². The van der Waals surface area contributed by atoms with Crippen LogP contribution in [0.1, 0.15) is 12.8 Å². The van der Waals surface area contributed by atoms with Crippen LogP contribution in [0.3, 0.4) is 0 Å². The van der Waals surface area contributed by atoms with Crippen molar-refractivity contribution in [1.82, 2.24) is 10.6 Å².